The highest BCUT2D eigenvalue weighted by molar-refractivity contribution is 6.01. The molecule has 2 atom stereocenters. The Bertz CT molecular complexity index is 749. The second kappa shape index (κ2) is 8.82. The van der Waals surface area contributed by atoms with E-state index in [0.717, 1.165) is 24.2 Å². The molecular weight excluding hydrogens is 363 g/mol. The summed E-state index contributed by atoms with van der Waals surface area (Å²) in [6, 6.07) is 6.14. The minimum atomic E-state index is -0.706. The SMILES string of the molecule is CCOC(=O)[C@@]1(C[C@H]2CC(c3ccc(F)cc3)=NO2)CCCN(CC(C)=O)C1. The second-order valence-corrected chi connectivity index (χ2v) is 7.70. The van der Waals surface area contributed by atoms with E-state index in [1.165, 1.54) is 12.1 Å². The number of oxime groups is 1. The van der Waals surface area contributed by atoms with Gasteiger partial charge in [0, 0.05) is 19.4 Å². The third kappa shape index (κ3) is 4.76. The van der Waals surface area contributed by atoms with E-state index >= 15 is 0 Å². The summed E-state index contributed by atoms with van der Waals surface area (Å²) in [6.07, 6.45) is 2.31. The number of likely N-dealkylation sites (tertiary alicyclic amines) is 1. The van der Waals surface area contributed by atoms with Crippen molar-refractivity contribution in [1.82, 2.24) is 4.90 Å². The summed E-state index contributed by atoms with van der Waals surface area (Å²) >= 11 is 0. The number of carbonyl (C=O) groups is 2. The van der Waals surface area contributed by atoms with Crippen LogP contribution in [0, 0.1) is 11.2 Å². The van der Waals surface area contributed by atoms with Crippen LogP contribution in [0.1, 0.15) is 45.1 Å². The molecule has 28 heavy (non-hydrogen) atoms. The highest BCUT2D eigenvalue weighted by atomic mass is 19.1. The van der Waals surface area contributed by atoms with Crippen molar-refractivity contribution in [2.45, 2.75) is 45.6 Å². The molecule has 0 amide bonds. The third-order valence-electron chi connectivity index (χ3n) is 5.34. The largest absolute Gasteiger partial charge is 0.466 e. The number of ketones is 1. The molecule has 1 fully saturated rings. The molecule has 6 nitrogen and oxygen atoms in total. The van der Waals surface area contributed by atoms with Gasteiger partial charge in [0.05, 0.1) is 24.3 Å². The third-order valence-corrected chi connectivity index (χ3v) is 5.34. The van der Waals surface area contributed by atoms with Crippen molar-refractivity contribution < 1.29 is 23.6 Å². The van der Waals surface area contributed by atoms with E-state index in [1.807, 2.05) is 4.90 Å². The summed E-state index contributed by atoms with van der Waals surface area (Å²) in [5.41, 5.74) is 0.860. The summed E-state index contributed by atoms with van der Waals surface area (Å²) in [6.45, 7) is 5.29. The standard InChI is InChI=1S/C21H27FN2O4/c1-3-27-20(26)21(9-4-10-24(14-21)13-15(2)25)12-18-11-19(23-28-18)16-5-7-17(22)8-6-16/h5-8,18H,3-4,9-14H2,1-2H3/t18-,21-/m1/s1. The molecule has 0 radical (unpaired) electrons. The Kier molecular flexibility index (Phi) is 6.44. The van der Waals surface area contributed by atoms with E-state index in [2.05, 4.69) is 5.16 Å². The van der Waals surface area contributed by atoms with E-state index < -0.39 is 5.41 Å². The zero-order valence-corrected chi connectivity index (χ0v) is 16.4. The van der Waals surface area contributed by atoms with Crippen LogP contribution in [0.2, 0.25) is 0 Å². The van der Waals surface area contributed by atoms with Gasteiger partial charge in [-0.3, -0.25) is 14.5 Å². The van der Waals surface area contributed by atoms with Gasteiger partial charge in [-0.25, -0.2) is 4.39 Å². The maximum absolute atomic E-state index is 13.1. The number of ether oxygens (including phenoxy) is 1. The summed E-state index contributed by atoms with van der Waals surface area (Å²) in [7, 11) is 0. The van der Waals surface area contributed by atoms with Gasteiger partial charge >= 0.3 is 5.97 Å². The fraction of sp³-hybridized carbons (Fsp3) is 0.571. The lowest BCUT2D eigenvalue weighted by molar-refractivity contribution is -0.162. The molecule has 1 saturated heterocycles. The minimum Gasteiger partial charge on any atom is -0.466 e. The van der Waals surface area contributed by atoms with E-state index in [1.54, 1.807) is 26.0 Å². The number of hydrogen-bond donors (Lipinski definition) is 0. The molecule has 2 aliphatic rings. The van der Waals surface area contributed by atoms with E-state index in [9.17, 15) is 14.0 Å². The van der Waals surface area contributed by atoms with Crippen LogP contribution in [-0.4, -0.2) is 54.7 Å². The Morgan fingerprint density at radius 3 is 2.79 bits per heavy atom. The molecule has 0 bridgehead atoms. The molecule has 1 aromatic rings. The molecule has 0 N–H and O–H groups in total. The van der Waals surface area contributed by atoms with Crippen molar-refractivity contribution in [3.63, 3.8) is 0 Å². The number of halogens is 1. The van der Waals surface area contributed by atoms with E-state index in [-0.39, 0.29) is 23.7 Å². The number of rotatable bonds is 7. The molecule has 0 unspecified atom stereocenters. The summed E-state index contributed by atoms with van der Waals surface area (Å²) < 4.78 is 18.5. The first-order chi connectivity index (χ1) is 13.4. The van der Waals surface area contributed by atoms with Crippen LogP contribution in [0.4, 0.5) is 4.39 Å². The normalized spacial score (nSPS) is 25.1. The number of nitrogens with zero attached hydrogens (tertiary/aromatic N) is 2. The van der Waals surface area contributed by atoms with Gasteiger partial charge in [-0.05, 0) is 50.9 Å². The molecule has 3 rings (SSSR count). The second-order valence-electron chi connectivity index (χ2n) is 7.70. The average molecular weight is 390 g/mol. The van der Waals surface area contributed by atoms with Gasteiger partial charge in [-0.2, -0.15) is 0 Å². The first-order valence-electron chi connectivity index (χ1n) is 9.79. The Morgan fingerprint density at radius 1 is 1.36 bits per heavy atom. The number of benzene rings is 1. The van der Waals surface area contributed by atoms with Crippen molar-refractivity contribution in [2.75, 3.05) is 26.2 Å². The number of piperidine rings is 1. The molecule has 0 aromatic heterocycles. The monoisotopic (exact) mass is 390 g/mol. The van der Waals surface area contributed by atoms with Crippen LogP contribution in [-0.2, 0) is 19.2 Å². The van der Waals surface area contributed by atoms with Crippen LogP contribution in [0.3, 0.4) is 0 Å². The maximum atomic E-state index is 13.1. The molecule has 0 aliphatic carbocycles. The predicted octanol–water partition coefficient (Wildman–Crippen LogP) is 2.94. The zero-order valence-electron chi connectivity index (χ0n) is 16.4. The molecule has 1 aromatic carbocycles. The van der Waals surface area contributed by atoms with Crippen LogP contribution in [0.5, 0.6) is 0 Å². The van der Waals surface area contributed by atoms with E-state index in [4.69, 9.17) is 9.57 Å². The van der Waals surface area contributed by atoms with Crippen molar-refractivity contribution >= 4 is 17.5 Å². The van der Waals surface area contributed by atoms with E-state index in [0.29, 0.717) is 39.0 Å². The fourth-order valence-corrected chi connectivity index (χ4v) is 4.16. The molecule has 2 heterocycles. The van der Waals surface area contributed by atoms with Crippen LogP contribution < -0.4 is 0 Å². The van der Waals surface area contributed by atoms with Gasteiger partial charge in [0.2, 0.25) is 0 Å². The van der Waals surface area contributed by atoms with Gasteiger partial charge < -0.3 is 9.57 Å². The average Bonchev–Trinajstić information content (AvgIpc) is 3.10. The summed E-state index contributed by atoms with van der Waals surface area (Å²) in [4.78, 5) is 32.1. The van der Waals surface area contributed by atoms with Crippen molar-refractivity contribution in [2.24, 2.45) is 10.6 Å². The number of hydrogen-bond acceptors (Lipinski definition) is 6. The quantitative estimate of drug-likeness (QED) is 0.670. The number of esters is 1. The van der Waals surface area contributed by atoms with Gasteiger partial charge in [0.1, 0.15) is 17.7 Å². The Balaban J connectivity index is 1.71. The van der Waals surface area contributed by atoms with Gasteiger partial charge in [-0.1, -0.05) is 17.3 Å². The van der Waals surface area contributed by atoms with Crippen molar-refractivity contribution in [1.29, 1.82) is 0 Å². The highest BCUT2D eigenvalue weighted by Gasteiger charge is 2.46. The first kappa shape index (κ1) is 20.5. The molecule has 7 heteroatoms. The molecular formula is C21H27FN2O4. The first-order valence-corrected chi connectivity index (χ1v) is 9.79. The summed E-state index contributed by atoms with van der Waals surface area (Å²) in [5, 5.41) is 4.16. The van der Waals surface area contributed by atoms with Gasteiger partial charge in [-0.15, -0.1) is 0 Å². The molecule has 0 spiro atoms. The predicted molar refractivity (Wildman–Crippen MR) is 102 cm³/mol. The maximum Gasteiger partial charge on any atom is 0.313 e. The fourth-order valence-electron chi connectivity index (χ4n) is 4.16. The topological polar surface area (TPSA) is 68.2 Å². The Labute approximate surface area is 164 Å². The molecule has 2 aliphatic heterocycles. The van der Waals surface area contributed by atoms with Gasteiger partial charge in [0.25, 0.3) is 0 Å². The lowest BCUT2D eigenvalue weighted by atomic mass is 9.74. The zero-order chi connectivity index (χ0) is 20.1. The smallest absolute Gasteiger partial charge is 0.313 e. The van der Waals surface area contributed by atoms with Crippen molar-refractivity contribution in [3.8, 4) is 0 Å². The number of carbonyl (C=O) groups excluding carboxylic acids is 2. The highest BCUT2D eigenvalue weighted by Crippen LogP contribution is 2.39. The lowest BCUT2D eigenvalue weighted by Gasteiger charge is -2.41. The Hall–Kier alpha value is -2.28. The molecule has 0 saturated carbocycles. The Morgan fingerprint density at radius 2 is 2.11 bits per heavy atom. The molecule has 152 valence electrons. The van der Waals surface area contributed by atoms with Crippen LogP contribution in [0.15, 0.2) is 29.4 Å². The lowest BCUT2D eigenvalue weighted by Crippen LogP contribution is -2.51. The van der Waals surface area contributed by atoms with Crippen LogP contribution in [0.25, 0.3) is 0 Å². The van der Waals surface area contributed by atoms with Crippen molar-refractivity contribution in [3.05, 3.63) is 35.6 Å². The number of Topliss-reactive ketones (excluding diaryl/α,β-unsaturated/α-hetero) is 1. The van der Waals surface area contributed by atoms with Gasteiger partial charge in [0.15, 0.2) is 0 Å². The summed E-state index contributed by atoms with van der Waals surface area (Å²) in [5.74, 6) is -0.449. The van der Waals surface area contributed by atoms with Crippen LogP contribution >= 0.6 is 0 Å². The minimum absolute atomic E-state index is 0.0821.